The number of benzene rings is 2. The molecule has 0 aliphatic carbocycles. The van der Waals surface area contributed by atoms with E-state index in [0.29, 0.717) is 11.2 Å². The summed E-state index contributed by atoms with van der Waals surface area (Å²) in [5, 5.41) is 9.96. The molecule has 0 amide bonds. The van der Waals surface area contributed by atoms with Gasteiger partial charge in [0.2, 0.25) is 0 Å². The van der Waals surface area contributed by atoms with Crippen LogP contribution in [0.4, 0.5) is 13.2 Å². The number of alkyl halides is 3. The first kappa shape index (κ1) is 16.8. The summed E-state index contributed by atoms with van der Waals surface area (Å²) in [6.45, 7) is 3.04. The zero-order valence-corrected chi connectivity index (χ0v) is 13.6. The van der Waals surface area contributed by atoms with Crippen LogP contribution >= 0.6 is 11.6 Å². The van der Waals surface area contributed by atoms with E-state index in [1.165, 1.54) is 19.9 Å². The van der Waals surface area contributed by atoms with E-state index >= 15 is 0 Å². The van der Waals surface area contributed by atoms with Gasteiger partial charge in [0, 0.05) is 5.69 Å². The lowest BCUT2D eigenvalue weighted by Crippen LogP contribution is -2.21. The van der Waals surface area contributed by atoms with E-state index in [1.807, 2.05) is 0 Å². The summed E-state index contributed by atoms with van der Waals surface area (Å²) >= 11 is 5.84. The van der Waals surface area contributed by atoms with E-state index in [2.05, 4.69) is 11.1 Å². The van der Waals surface area contributed by atoms with Gasteiger partial charge in [-0.25, -0.2) is 4.98 Å². The van der Waals surface area contributed by atoms with Crippen molar-refractivity contribution in [2.45, 2.75) is 25.6 Å². The van der Waals surface area contributed by atoms with Crippen molar-refractivity contribution in [3.8, 4) is 5.69 Å². The Morgan fingerprint density at radius 2 is 1.96 bits per heavy atom. The summed E-state index contributed by atoms with van der Waals surface area (Å²) < 4.78 is 40.8. The number of hydrogen-bond acceptors (Lipinski definition) is 2. The van der Waals surface area contributed by atoms with Gasteiger partial charge in [0.05, 0.1) is 21.6 Å². The average Bonchev–Trinajstić information content (AvgIpc) is 2.84. The van der Waals surface area contributed by atoms with Crippen LogP contribution in [0.25, 0.3) is 16.7 Å². The van der Waals surface area contributed by atoms with Gasteiger partial charge in [-0.2, -0.15) is 13.2 Å². The first-order valence-corrected chi connectivity index (χ1v) is 7.45. The number of halogens is 4. The minimum absolute atomic E-state index is 0.104. The third-order valence-electron chi connectivity index (χ3n) is 3.54. The summed E-state index contributed by atoms with van der Waals surface area (Å²) in [6, 6.07) is 11.9. The minimum atomic E-state index is -4.58. The standard InChI is InChI=1S/C17H13ClF3N2O/c1-16(2,24)15-22-13-8-11(17(19,20)21)12(18)9-14(13)23(15)10-6-4-3-5-7-10/h3-4,6-9,24H,1-2H3. The monoisotopic (exact) mass is 353 g/mol. The highest BCUT2D eigenvalue weighted by Crippen LogP contribution is 2.38. The van der Waals surface area contributed by atoms with Gasteiger partial charge in [-0.1, -0.05) is 23.7 Å². The molecule has 0 atom stereocenters. The van der Waals surface area contributed by atoms with E-state index in [-0.39, 0.29) is 11.3 Å². The van der Waals surface area contributed by atoms with E-state index in [4.69, 9.17) is 11.6 Å². The summed E-state index contributed by atoms with van der Waals surface area (Å²) in [4.78, 5) is 4.22. The minimum Gasteiger partial charge on any atom is -0.382 e. The Labute approximate surface area is 141 Å². The summed E-state index contributed by atoms with van der Waals surface area (Å²) in [7, 11) is 0. The van der Waals surface area contributed by atoms with Crippen LogP contribution in [0.3, 0.4) is 0 Å². The van der Waals surface area contributed by atoms with E-state index in [1.54, 1.807) is 28.8 Å². The molecule has 24 heavy (non-hydrogen) atoms. The Balaban J connectivity index is 2.38. The molecule has 7 heteroatoms. The number of aliphatic hydroxyl groups is 1. The van der Waals surface area contributed by atoms with E-state index in [0.717, 1.165) is 6.07 Å². The number of nitrogens with zero attached hydrogens (tertiary/aromatic N) is 2. The fourth-order valence-electron chi connectivity index (χ4n) is 2.51. The molecular formula is C17H13ClF3N2O. The summed E-state index contributed by atoms with van der Waals surface area (Å²) in [5.41, 5.74) is -1.21. The van der Waals surface area contributed by atoms with Gasteiger partial charge in [-0.15, -0.1) is 0 Å². The Bertz CT molecular complexity index is 896. The molecule has 3 aromatic rings. The number of imidazole rings is 1. The highest BCUT2D eigenvalue weighted by atomic mass is 35.5. The third-order valence-corrected chi connectivity index (χ3v) is 3.86. The van der Waals surface area contributed by atoms with Crippen molar-refractivity contribution in [3.63, 3.8) is 0 Å². The maximum atomic E-state index is 13.1. The Morgan fingerprint density at radius 3 is 2.50 bits per heavy atom. The normalized spacial score (nSPS) is 12.8. The molecule has 1 aromatic heterocycles. The fourth-order valence-corrected chi connectivity index (χ4v) is 2.78. The highest BCUT2D eigenvalue weighted by Gasteiger charge is 2.35. The molecule has 3 nitrogen and oxygen atoms in total. The zero-order chi connectivity index (χ0) is 17.7. The lowest BCUT2D eigenvalue weighted by molar-refractivity contribution is -0.137. The van der Waals surface area contributed by atoms with E-state index < -0.39 is 22.4 Å². The van der Waals surface area contributed by atoms with Crippen LogP contribution in [-0.2, 0) is 11.8 Å². The topological polar surface area (TPSA) is 38.1 Å². The number of aromatic nitrogens is 2. The van der Waals surface area contributed by atoms with Crippen molar-refractivity contribution in [2.24, 2.45) is 0 Å². The van der Waals surface area contributed by atoms with E-state index in [9.17, 15) is 18.3 Å². The zero-order valence-electron chi connectivity index (χ0n) is 12.8. The van der Waals surface area contributed by atoms with Gasteiger partial charge >= 0.3 is 6.18 Å². The van der Waals surface area contributed by atoms with Crippen molar-refractivity contribution < 1.29 is 18.3 Å². The van der Waals surface area contributed by atoms with Crippen molar-refractivity contribution >= 4 is 22.6 Å². The van der Waals surface area contributed by atoms with Crippen LogP contribution in [0, 0.1) is 6.07 Å². The first-order chi connectivity index (χ1) is 11.1. The second-order valence-corrected chi connectivity index (χ2v) is 6.32. The van der Waals surface area contributed by atoms with Gasteiger partial charge in [-0.3, -0.25) is 4.57 Å². The fraction of sp³-hybridized carbons (Fsp3) is 0.235. The van der Waals surface area contributed by atoms with Crippen molar-refractivity contribution in [2.75, 3.05) is 0 Å². The Kier molecular flexibility index (Phi) is 3.85. The predicted octanol–water partition coefficient (Wildman–Crippen LogP) is 4.73. The van der Waals surface area contributed by atoms with Gasteiger partial charge in [-0.05, 0) is 44.2 Å². The molecule has 0 spiro atoms. The van der Waals surface area contributed by atoms with Crippen LogP contribution in [-0.4, -0.2) is 14.7 Å². The Morgan fingerprint density at radius 1 is 1.25 bits per heavy atom. The molecule has 1 N–H and O–H groups in total. The molecule has 0 unspecified atom stereocenters. The molecule has 3 rings (SSSR count). The molecule has 0 fully saturated rings. The molecule has 0 saturated heterocycles. The third kappa shape index (κ3) is 2.87. The molecule has 0 bridgehead atoms. The maximum Gasteiger partial charge on any atom is 0.417 e. The van der Waals surface area contributed by atoms with Gasteiger partial charge in [0.1, 0.15) is 11.4 Å². The van der Waals surface area contributed by atoms with Crippen molar-refractivity contribution in [1.29, 1.82) is 0 Å². The van der Waals surface area contributed by atoms with Crippen LogP contribution < -0.4 is 0 Å². The maximum absolute atomic E-state index is 13.1. The largest absolute Gasteiger partial charge is 0.417 e. The van der Waals surface area contributed by atoms with Crippen LogP contribution in [0.1, 0.15) is 25.2 Å². The van der Waals surface area contributed by atoms with Crippen molar-refractivity contribution in [1.82, 2.24) is 9.55 Å². The highest BCUT2D eigenvalue weighted by molar-refractivity contribution is 6.32. The second-order valence-electron chi connectivity index (χ2n) is 5.91. The molecule has 0 saturated carbocycles. The number of fused-ring (bicyclic) bond motifs is 1. The van der Waals surface area contributed by atoms with Gasteiger partial charge in [0.25, 0.3) is 0 Å². The molecule has 0 aliphatic rings. The molecule has 2 aromatic carbocycles. The summed E-state index contributed by atoms with van der Waals surface area (Å²) in [6.07, 6.45) is -4.58. The number of hydrogen-bond donors (Lipinski definition) is 1. The SMILES string of the molecule is CC(C)(O)c1nc2cc(C(F)(F)F)c(Cl)cc2n1-c1c[c]ccc1. The predicted molar refractivity (Wildman–Crippen MR) is 85.2 cm³/mol. The second kappa shape index (κ2) is 5.50. The van der Waals surface area contributed by atoms with Crippen LogP contribution in [0.15, 0.2) is 36.4 Å². The quantitative estimate of drug-likeness (QED) is 0.723. The summed E-state index contributed by atoms with van der Waals surface area (Å²) in [5.74, 6) is 0.215. The van der Waals surface area contributed by atoms with Crippen molar-refractivity contribution in [3.05, 3.63) is 58.9 Å². The molecule has 1 heterocycles. The van der Waals surface area contributed by atoms with Crippen LogP contribution in [0.2, 0.25) is 5.02 Å². The van der Waals surface area contributed by atoms with Crippen LogP contribution in [0.5, 0.6) is 0 Å². The molecule has 0 aliphatic heterocycles. The molecule has 1 radical (unpaired) electrons. The smallest absolute Gasteiger partial charge is 0.382 e. The molecule has 125 valence electrons. The lowest BCUT2D eigenvalue weighted by atomic mass is 10.1. The number of rotatable bonds is 2. The van der Waals surface area contributed by atoms with Gasteiger partial charge in [0.15, 0.2) is 0 Å². The van der Waals surface area contributed by atoms with Gasteiger partial charge < -0.3 is 5.11 Å². The first-order valence-electron chi connectivity index (χ1n) is 7.07. The lowest BCUT2D eigenvalue weighted by Gasteiger charge is -2.19. The Hall–Kier alpha value is -2.05. The molecular weight excluding hydrogens is 341 g/mol. The average molecular weight is 354 g/mol.